The summed E-state index contributed by atoms with van der Waals surface area (Å²) in [5, 5.41) is 6.42. The molecule has 6 nitrogen and oxygen atoms in total. The van der Waals surface area contributed by atoms with E-state index < -0.39 is 0 Å². The normalized spacial score (nSPS) is 12.7. The third kappa shape index (κ3) is 8.69. The van der Waals surface area contributed by atoms with Gasteiger partial charge in [0.15, 0.2) is 5.96 Å². The highest BCUT2D eigenvalue weighted by molar-refractivity contribution is 5.84. The molecule has 1 aromatic rings. The molecule has 0 saturated heterocycles. The van der Waals surface area contributed by atoms with E-state index in [4.69, 9.17) is 4.74 Å². The summed E-state index contributed by atoms with van der Waals surface area (Å²) in [7, 11) is 3.40. The van der Waals surface area contributed by atoms with Crippen molar-refractivity contribution in [3.8, 4) is 5.75 Å². The average molecular weight is 366 g/mol. The monoisotopic (exact) mass is 366 g/mol. The molecule has 1 amide bonds. The van der Waals surface area contributed by atoms with Crippen molar-refractivity contribution in [2.75, 3.05) is 33.7 Å². The molecule has 7 heteroatoms. The van der Waals surface area contributed by atoms with Gasteiger partial charge in [-0.25, -0.2) is 9.38 Å². The number of amides is 1. The van der Waals surface area contributed by atoms with Gasteiger partial charge in [-0.3, -0.25) is 4.79 Å². The predicted molar refractivity (Wildman–Crippen MR) is 103 cm³/mol. The Labute approximate surface area is 155 Å². The largest absolute Gasteiger partial charge is 0.489 e. The summed E-state index contributed by atoms with van der Waals surface area (Å²) in [5.41, 5.74) is 0. The van der Waals surface area contributed by atoms with Crippen molar-refractivity contribution in [3.63, 3.8) is 0 Å². The number of carbonyl (C=O) groups is 1. The second-order valence-corrected chi connectivity index (χ2v) is 6.71. The Balaban J connectivity index is 2.66. The minimum Gasteiger partial charge on any atom is -0.489 e. The summed E-state index contributed by atoms with van der Waals surface area (Å²) in [6.45, 7) is 7.49. The summed E-state index contributed by atoms with van der Waals surface area (Å²) in [6, 6.07) is 6.10. The zero-order chi connectivity index (χ0) is 19.5. The highest BCUT2D eigenvalue weighted by Crippen LogP contribution is 2.14. The summed E-state index contributed by atoms with van der Waals surface area (Å²) in [6.07, 6.45) is 0.602. The number of rotatable bonds is 9. The van der Waals surface area contributed by atoms with Gasteiger partial charge >= 0.3 is 0 Å². The summed E-state index contributed by atoms with van der Waals surface area (Å²) < 4.78 is 19.1. The Morgan fingerprint density at radius 1 is 1.27 bits per heavy atom. The molecule has 0 aliphatic heterocycles. The molecule has 26 heavy (non-hydrogen) atoms. The smallest absolute Gasteiger partial charge is 0.243 e. The van der Waals surface area contributed by atoms with Gasteiger partial charge in [0, 0.05) is 26.7 Å². The third-order valence-corrected chi connectivity index (χ3v) is 3.60. The Morgan fingerprint density at radius 2 is 1.96 bits per heavy atom. The maximum Gasteiger partial charge on any atom is 0.243 e. The van der Waals surface area contributed by atoms with Gasteiger partial charge in [-0.1, -0.05) is 26.8 Å². The van der Waals surface area contributed by atoms with Gasteiger partial charge in [0.2, 0.25) is 5.91 Å². The second-order valence-electron chi connectivity index (χ2n) is 6.71. The first-order valence-corrected chi connectivity index (χ1v) is 8.96. The van der Waals surface area contributed by atoms with Crippen molar-refractivity contribution in [2.45, 2.75) is 33.3 Å². The summed E-state index contributed by atoms with van der Waals surface area (Å²) in [4.78, 5) is 17.6. The predicted octanol–water partition coefficient (Wildman–Crippen LogP) is 2.26. The lowest BCUT2D eigenvalue weighted by Crippen LogP contribution is -2.44. The Kier molecular flexibility index (Phi) is 9.47. The van der Waals surface area contributed by atoms with E-state index in [9.17, 15) is 9.18 Å². The van der Waals surface area contributed by atoms with Gasteiger partial charge in [0.05, 0.1) is 6.54 Å². The molecule has 0 fully saturated rings. The van der Waals surface area contributed by atoms with Crippen LogP contribution in [0.3, 0.4) is 0 Å². The van der Waals surface area contributed by atoms with E-state index in [1.165, 1.54) is 17.0 Å². The maximum absolute atomic E-state index is 13.3. The van der Waals surface area contributed by atoms with Gasteiger partial charge in [-0.2, -0.15) is 0 Å². The molecule has 0 spiro atoms. The van der Waals surface area contributed by atoms with E-state index in [2.05, 4.69) is 29.5 Å². The first kappa shape index (κ1) is 21.7. The van der Waals surface area contributed by atoms with Gasteiger partial charge in [-0.05, 0) is 24.5 Å². The maximum atomic E-state index is 13.3. The molecule has 1 aromatic carbocycles. The number of nitrogens with zero attached hydrogens (tertiary/aromatic N) is 2. The van der Waals surface area contributed by atoms with Crippen LogP contribution in [0.1, 0.15) is 27.2 Å². The van der Waals surface area contributed by atoms with Crippen molar-refractivity contribution >= 4 is 11.9 Å². The molecule has 1 unspecified atom stereocenters. The second kappa shape index (κ2) is 11.3. The SMILES string of the molecule is CCC(CNC(=NCC(=O)N(C)C)NCC(C)C)Oc1cccc(F)c1. The van der Waals surface area contributed by atoms with Gasteiger partial charge in [0.1, 0.15) is 24.2 Å². The van der Waals surface area contributed by atoms with Crippen LogP contribution in [0.4, 0.5) is 4.39 Å². The number of carbonyl (C=O) groups excluding carboxylic acids is 1. The molecule has 1 rings (SSSR count). The molecular weight excluding hydrogens is 335 g/mol. The first-order chi connectivity index (χ1) is 12.3. The number of aliphatic imine (C=N–C) groups is 1. The van der Waals surface area contributed by atoms with Gasteiger partial charge in [-0.15, -0.1) is 0 Å². The van der Waals surface area contributed by atoms with Crippen molar-refractivity contribution < 1.29 is 13.9 Å². The number of ether oxygens (including phenoxy) is 1. The quantitative estimate of drug-likeness (QED) is 0.520. The zero-order valence-corrected chi connectivity index (χ0v) is 16.4. The van der Waals surface area contributed by atoms with E-state index in [-0.39, 0.29) is 24.4 Å². The van der Waals surface area contributed by atoms with Gasteiger partial charge < -0.3 is 20.3 Å². The standard InChI is InChI=1S/C19H31FN4O2/c1-6-16(26-17-9-7-8-15(20)10-17)12-22-19(21-11-14(2)3)23-13-18(25)24(4)5/h7-10,14,16H,6,11-13H2,1-5H3,(H2,21,22,23). The fourth-order valence-corrected chi connectivity index (χ4v) is 1.98. The Bertz CT molecular complexity index is 591. The lowest BCUT2D eigenvalue weighted by atomic mass is 10.2. The van der Waals surface area contributed by atoms with E-state index in [0.29, 0.717) is 24.2 Å². The molecule has 0 saturated carbocycles. The van der Waals surface area contributed by atoms with Crippen LogP contribution in [-0.4, -0.2) is 56.6 Å². The molecule has 2 N–H and O–H groups in total. The highest BCUT2D eigenvalue weighted by Gasteiger charge is 2.11. The van der Waals surface area contributed by atoms with Crippen LogP contribution in [0.25, 0.3) is 0 Å². The Morgan fingerprint density at radius 3 is 2.54 bits per heavy atom. The molecule has 0 aliphatic carbocycles. The van der Waals surface area contributed by atoms with Crippen LogP contribution in [0.2, 0.25) is 0 Å². The number of hydrogen-bond donors (Lipinski definition) is 2. The topological polar surface area (TPSA) is 66.0 Å². The van der Waals surface area contributed by atoms with Crippen LogP contribution < -0.4 is 15.4 Å². The van der Waals surface area contributed by atoms with Crippen LogP contribution >= 0.6 is 0 Å². The zero-order valence-electron chi connectivity index (χ0n) is 16.4. The van der Waals surface area contributed by atoms with Crippen LogP contribution in [0.5, 0.6) is 5.75 Å². The first-order valence-electron chi connectivity index (χ1n) is 8.96. The van der Waals surface area contributed by atoms with E-state index in [0.717, 1.165) is 13.0 Å². The van der Waals surface area contributed by atoms with E-state index >= 15 is 0 Å². The number of benzene rings is 1. The number of halogens is 1. The molecule has 0 radical (unpaired) electrons. The molecule has 0 heterocycles. The van der Waals surface area contributed by atoms with Crippen LogP contribution in [-0.2, 0) is 4.79 Å². The number of likely N-dealkylation sites (N-methyl/N-ethyl adjacent to an activating group) is 1. The van der Waals surface area contributed by atoms with Gasteiger partial charge in [0.25, 0.3) is 0 Å². The van der Waals surface area contributed by atoms with Crippen molar-refractivity contribution in [2.24, 2.45) is 10.9 Å². The molecule has 0 aliphatic rings. The molecule has 0 aromatic heterocycles. The third-order valence-electron chi connectivity index (χ3n) is 3.60. The number of nitrogens with one attached hydrogen (secondary N) is 2. The van der Waals surface area contributed by atoms with Crippen molar-refractivity contribution in [1.82, 2.24) is 15.5 Å². The lowest BCUT2D eigenvalue weighted by molar-refractivity contribution is -0.127. The number of hydrogen-bond acceptors (Lipinski definition) is 3. The van der Waals surface area contributed by atoms with Crippen LogP contribution in [0.15, 0.2) is 29.3 Å². The summed E-state index contributed by atoms with van der Waals surface area (Å²) in [5.74, 6) is 1.11. The number of guanidine groups is 1. The van der Waals surface area contributed by atoms with Crippen molar-refractivity contribution in [3.05, 3.63) is 30.1 Å². The molecule has 0 bridgehead atoms. The molecular formula is C19H31FN4O2. The minimum absolute atomic E-state index is 0.0706. The molecule has 146 valence electrons. The fourth-order valence-electron chi connectivity index (χ4n) is 1.98. The lowest BCUT2D eigenvalue weighted by Gasteiger charge is -2.21. The van der Waals surface area contributed by atoms with E-state index in [1.807, 2.05) is 6.92 Å². The van der Waals surface area contributed by atoms with Crippen LogP contribution in [0, 0.1) is 11.7 Å². The highest BCUT2D eigenvalue weighted by atomic mass is 19.1. The Hall–Kier alpha value is -2.31. The van der Waals surface area contributed by atoms with E-state index in [1.54, 1.807) is 26.2 Å². The molecule has 1 atom stereocenters. The van der Waals surface area contributed by atoms with Crippen molar-refractivity contribution in [1.29, 1.82) is 0 Å². The minimum atomic E-state index is -0.326. The average Bonchev–Trinajstić information content (AvgIpc) is 2.59. The summed E-state index contributed by atoms with van der Waals surface area (Å²) >= 11 is 0. The fraction of sp³-hybridized carbons (Fsp3) is 0.579.